The Morgan fingerprint density at radius 2 is 1.96 bits per heavy atom. The molecule has 136 valence electrons. The van der Waals surface area contributed by atoms with Gasteiger partial charge in [-0.2, -0.15) is 0 Å². The van der Waals surface area contributed by atoms with Gasteiger partial charge >= 0.3 is 0 Å². The Bertz CT molecular complexity index is 493. The second-order valence-electron chi connectivity index (χ2n) is 6.12. The van der Waals surface area contributed by atoms with E-state index in [0.717, 1.165) is 19.5 Å². The van der Waals surface area contributed by atoms with E-state index in [2.05, 4.69) is 10.6 Å². The molecule has 0 aliphatic carbocycles. The van der Waals surface area contributed by atoms with Crippen LogP contribution in [-0.4, -0.2) is 38.8 Å². The van der Waals surface area contributed by atoms with Crippen LogP contribution >= 0.6 is 12.4 Å². The Morgan fingerprint density at radius 3 is 2.62 bits per heavy atom. The summed E-state index contributed by atoms with van der Waals surface area (Å²) >= 11 is 0. The van der Waals surface area contributed by atoms with E-state index in [1.807, 2.05) is 31.2 Å². The standard InChI is InChI=1S/C18H28N2O3.ClH/c1-14(23-17-6-4-3-5-16(17)22-2)13-20-18(21)8-7-15-9-11-19-12-10-15;/h3-6,14-15,19H,7-13H2,1-2H3,(H,20,21);1H. The normalized spacial score (nSPS) is 15.9. The lowest BCUT2D eigenvalue weighted by molar-refractivity contribution is -0.121. The number of rotatable bonds is 8. The van der Waals surface area contributed by atoms with Crippen LogP contribution in [-0.2, 0) is 4.79 Å². The zero-order valence-electron chi connectivity index (χ0n) is 14.5. The summed E-state index contributed by atoms with van der Waals surface area (Å²) < 4.78 is 11.1. The molecular weight excluding hydrogens is 328 g/mol. The van der Waals surface area contributed by atoms with E-state index in [1.54, 1.807) is 7.11 Å². The second kappa shape index (κ2) is 11.2. The van der Waals surface area contributed by atoms with Gasteiger partial charge in [-0.1, -0.05) is 12.1 Å². The number of methoxy groups -OCH3 is 1. The van der Waals surface area contributed by atoms with Crippen LogP contribution in [0.4, 0.5) is 0 Å². The van der Waals surface area contributed by atoms with Crippen molar-refractivity contribution >= 4 is 18.3 Å². The summed E-state index contributed by atoms with van der Waals surface area (Å²) in [5.41, 5.74) is 0. The molecule has 1 aromatic carbocycles. The highest BCUT2D eigenvalue weighted by atomic mass is 35.5. The molecule has 6 heteroatoms. The first-order valence-corrected chi connectivity index (χ1v) is 8.46. The van der Waals surface area contributed by atoms with E-state index in [0.29, 0.717) is 30.4 Å². The highest BCUT2D eigenvalue weighted by molar-refractivity contribution is 5.85. The molecule has 1 heterocycles. The largest absolute Gasteiger partial charge is 0.493 e. The average Bonchev–Trinajstić information content (AvgIpc) is 2.59. The third-order valence-corrected chi connectivity index (χ3v) is 4.22. The van der Waals surface area contributed by atoms with Gasteiger partial charge in [0.15, 0.2) is 11.5 Å². The first kappa shape index (κ1) is 20.6. The van der Waals surface area contributed by atoms with Gasteiger partial charge in [-0.3, -0.25) is 4.79 Å². The topological polar surface area (TPSA) is 59.6 Å². The minimum atomic E-state index is -0.103. The number of piperidine rings is 1. The van der Waals surface area contributed by atoms with Crippen molar-refractivity contribution in [3.63, 3.8) is 0 Å². The van der Waals surface area contributed by atoms with E-state index in [9.17, 15) is 4.79 Å². The lowest BCUT2D eigenvalue weighted by Gasteiger charge is -2.22. The van der Waals surface area contributed by atoms with E-state index in [-0.39, 0.29) is 24.4 Å². The highest BCUT2D eigenvalue weighted by Gasteiger charge is 2.15. The molecule has 0 spiro atoms. The number of carbonyl (C=O) groups is 1. The Kier molecular flexibility index (Phi) is 9.57. The number of para-hydroxylation sites is 2. The third kappa shape index (κ3) is 6.97. The van der Waals surface area contributed by atoms with E-state index < -0.39 is 0 Å². The number of ether oxygens (including phenoxy) is 2. The number of amides is 1. The van der Waals surface area contributed by atoms with Crippen LogP contribution in [0.5, 0.6) is 11.5 Å². The Labute approximate surface area is 150 Å². The van der Waals surface area contributed by atoms with E-state index >= 15 is 0 Å². The Hall–Kier alpha value is -1.46. The summed E-state index contributed by atoms with van der Waals surface area (Å²) in [5, 5.41) is 6.31. The summed E-state index contributed by atoms with van der Waals surface area (Å²) in [5.74, 6) is 2.20. The average molecular weight is 357 g/mol. The predicted octanol–water partition coefficient (Wildman–Crippen LogP) is 2.78. The summed E-state index contributed by atoms with van der Waals surface area (Å²) in [6.45, 7) is 4.61. The molecule has 1 aromatic rings. The van der Waals surface area contributed by atoms with Crippen molar-refractivity contribution in [2.75, 3.05) is 26.7 Å². The number of halogens is 1. The molecule has 0 radical (unpaired) electrons. The van der Waals surface area contributed by atoms with Crippen LogP contribution in [0.1, 0.15) is 32.6 Å². The lowest BCUT2D eigenvalue weighted by Crippen LogP contribution is -2.34. The van der Waals surface area contributed by atoms with Crippen molar-refractivity contribution in [2.45, 2.75) is 38.7 Å². The number of benzene rings is 1. The van der Waals surface area contributed by atoms with Gasteiger partial charge in [-0.25, -0.2) is 0 Å². The first-order valence-electron chi connectivity index (χ1n) is 8.46. The van der Waals surface area contributed by atoms with Crippen LogP contribution in [0.15, 0.2) is 24.3 Å². The van der Waals surface area contributed by atoms with E-state index in [4.69, 9.17) is 9.47 Å². The minimum absolute atomic E-state index is 0. The Morgan fingerprint density at radius 1 is 1.29 bits per heavy atom. The molecule has 1 fully saturated rings. The van der Waals surface area contributed by atoms with Gasteiger partial charge in [0.05, 0.1) is 13.7 Å². The number of carbonyl (C=O) groups excluding carboxylic acids is 1. The zero-order chi connectivity index (χ0) is 16.5. The van der Waals surface area contributed by atoms with Gasteiger partial charge in [0, 0.05) is 6.42 Å². The quantitative estimate of drug-likeness (QED) is 0.752. The van der Waals surface area contributed by atoms with Gasteiger partial charge in [0.25, 0.3) is 0 Å². The minimum Gasteiger partial charge on any atom is -0.493 e. The second-order valence-corrected chi connectivity index (χ2v) is 6.12. The van der Waals surface area contributed by atoms with Crippen molar-refractivity contribution in [1.82, 2.24) is 10.6 Å². The molecule has 0 saturated carbocycles. The SMILES string of the molecule is COc1ccccc1OC(C)CNC(=O)CCC1CCNCC1.Cl. The van der Waals surface area contributed by atoms with Gasteiger partial charge in [0.1, 0.15) is 6.10 Å². The van der Waals surface area contributed by atoms with Crippen molar-refractivity contribution in [3.05, 3.63) is 24.3 Å². The molecule has 5 nitrogen and oxygen atoms in total. The fourth-order valence-electron chi connectivity index (χ4n) is 2.83. The lowest BCUT2D eigenvalue weighted by atomic mass is 9.93. The fourth-order valence-corrected chi connectivity index (χ4v) is 2.83. The molecule has 2 N–H and O–H groups in total. The fraction of sp³-hybridized carbons (Fsp3) is 0.611. The summed E-state index contributed by atoms with van der Waals surface area (Å²) in [4.78, 5) is 12.0. The smallest absolute Gasteiger partial charge is 0.220 e. The highest BCUT2D eigenvalue weighted by Crippen LogP contribution is 2.26. The molecule has 1 aliphatic rings. The molecule has 1 amide bonds. The number of hydrogen-bond donors (Lipinski definition) is 2. The van der Waals surface area contributed by atoms with Gasteiger partial charge in [0.2, 0.25) is 5.91 Å². The van der Waals surface area contributed by atoms with Crippen LogP contribution in [0.3, 0.4) is 0 Å². The zero-order valence-corrected chi connectivity index (χ0v) is 15.4. The predicted molar refractivity (Wildman–Crippen MR) is 98.2 cm³/mol. The monoisotopic (exact) mass is 356 g/mol. The number of hydrogen-bond acceptors (Lipinski definition) is 4. The maximum absolute atomic E-state index is 12.0. The van der Waals surface area contributed by atoms with Crippen molar-refractivity contribution in [3.8, 4) is 11.5 Å². The van der Waals surface area contributed by atoms with Crippen LogP contribution in [0, 0.1) is 5.92 Å². The molecule has 1 unspecified atom stereocenters. The van der Waals surface area contributed by atoms with Crippen molar-refractivity contribution in [1.29, 1.82) is 0 Å². The maximum Gasteiger partial charge on any atom is 0.220 e. The third-order valence-electron chi connectivity index (χ3n) is 4.22. The van der Waals surface area contributed by atoms with Crippen molar-refractivity contribution in [2.24, 2.45) is 5.92 Å². The molecule has 1 aliphatic heterocycles. The summed E-state index contributed by atoms with van der Waals surface area (Å²) in [6.07, 6.45) is 3.84. The molecule has 1 atom stereocenters. The van der Waals surface area contributed by atoms with Crippen LogP contribution in [0.2, 0.25) is 0 Å². The van der Waals surface area contributed by atoms with Gasteiger partial charge in [-0.15, -0.1) is 12.4 Å². The van der Waals surface area contributed by atoms with Gasteiger partial charge < -0.3 is 20.1 Å². The molecule has 2 rings (SSSR count). The van der Waals surface area contributed by atoms with Crippen LogP contribution < -0.4 is 20.1 Å². The number of nitrogens with one attached hydrogen (secondary N) is 2. The molecule has 24 heavy (non-hydrogen) atoms. The summed E-state index contributed by atoms with van der Waals surface area (Å²) in [7, 11) is 1.62. The van der Waals surface area contributed by atoms with Gasteiger partial charge in [-0.05, 0) is 57.3 Å². The molecule has 0 aromatic heterocycles. The van der Waals surface area contributed by atoms with Crippen LogP contribution in [0.25, 0.3) is 0 Å². The molecular formula is C18H29ClN2O3. The Balaban J connectivity index is 0.00000288. The van der Waals surface area contributed by atoms with Crippen molar-refractivity contribution < 1.29 is 14.3 Å². The molecule has 1 saturated heterocycles. The molecule has 0 bridgehead atoms. The van der Waals surface area contributed by atoms with E-state index in [1.165, 1.54) is 12.8 Å². The summed E-state index contributed by atoms with van der Waals surface area (Å²) in [6, 6.07) is 7.54. The first-order chi connectivity index (χ1) is 11.2. The maximum atomic E-state index is 12.0.